The number of thiol groups is 1. The van der Waals surface area contributed by atoms with Crippen LogP contribution in [0.1, 0.15) is 20.8 Å². The van der Waals surface area contributed by atoms with E-state index in [0.29, 0.717) is 0 Å². The van der Waals surface area contributed by atoms with Gasteiger partial charge in [0.25, 0.3) is 5.91 Å². The largest absolute Gasteiger partial charge is 0.326 e. The first-order chi connectivity index (χ1) is 6.86. The fourth-order valence-electron chi connectivity index (χ4n) is 1.63. The summed E-state index contributed by atoms with van der Waals surface area (Å²) in [5.74, 6) is -0.615. The number of nitrogens with zero attached hydrogens (tertiary/aromatic N) is 1. The van der Waals surface area contributed by atoms with Gasteiger partial charge in [-0.15, -0.1) is 0 Å². The van der Waals surface area contributed by atoms with E-state index in [1.54, 1.807) is 13.8 Å². The molecule has 1 rings (SSSR count). The normalized spacial score (nSPS) is 25.1. The molecule has 1 unspecified atom stereocenters. The summed E-state index contributed by atoms with van der Waals surface area (Å²) in [5.41, 5.74) is 0. The number of amides is 3. The van der Waals surface area contributed by atoms with E-state index in [1.807, 2.05) is 0 Å². The highest BCUT2D eigenvalue weighted by Gasteiger charge is 2.42. The van der Waals surface area contributed by atoms with Crippen molar-refractivity contribution in [3.63, 3.8) is 0 Å². The third-order valence-electron chi connectivity index (χ3n) is 2.32. The number of imide groups is 1. The molecule has 0 aromatic carbocycles. The van der Waals surface area contributed by atoms with Crippen molar-refractivity contribution in [2.75, 3.05) is 0 Å². The fraction of sp³-hybridized carbons (Fsp3) is 0.667. The second-order valence-electron chi connectivity index (χ2n) is 3.68. The van der Waals surface area contributed by atoms with E-state index in [1.165, 1.54) is 6.92 Å². The van der Waals surface area contributed by atoms with Crippen molar-refractivity contribution in [3.8, 4) is 0 Å². The van der Waals surface area contributed by atoms with Crippen molar-refractivity contribution in [1.29, 1.82) is 0 Å². The van der Waals surface area contributed by atoms with E-state index in [9.17, 15) is 14.4 Å². The van der Waals surface area contributed by atoms with E-state index in [0.717, 1.165) is 4.90 Å². The van der Waals surface area contributed by atoms with Crippen LogP contribution >= 0.6 is 12.6 Å². The van der Waals surface area contributed by atoms with Gasteiger partial charge in [-0.1, -0.05) is 6.92 Å². The summed E-state index contributed by atoms with van der Waals surface area (Å²) in [7, 11) is 0. The first-order valence-electron chi connectivity index (χ1n) is 4.68. The average molecular weight is 230 g/mol. The SMILES string of the molecule is CC(=O)C([C@H](C)S)N1C(=O)N[C@@H](C)C1=O. The lowest BCUT2D eigenvalue weighted by Crippen LogP contribution is -2.49. The molecule has 0 saturated carbocycles. The molecule has 0 spiro atoms. The lowest BCUT2D eigenvalue weighted by atomic mass is 10.1. The van der Waals surface area contributed by atoms with Crippen LogP contribution in [-0.2, 0) is 9.59 Å². The predicted octanol–water partition coefficient (Wildman–Crippen LogP) is 0.203. The molecule has 0 bridgehead atoms. The van der Waals surface area contributed by atoms with E-state index in [4.69, 9.17) is 0 Å². The van der Waals surface area contributed by atoms with Gasteiger partial charge >= 0.3 is 6.03 Å². The monoisotopic (exact) mass is 230 g/mol. The van der Waals surface area contributed by atoms with Crippen molar-refractivity contribution in [3.05, 3.63) is 0 Å². The summed E-state index contributed by atoms with van der Waals surface area (Å²) in [6, 6.07) is -1.87. The van der Waals surface area contributed by atoms with Crippen molar-refractivity contribution in [1.82, 2.24) is 10.2 Å². The van der Waals surface area contributed by atoms with E-state index >= 15 is 0 Å². The Kier molecular flexibility index (Phi) is 3.38. The van der Waals surface area contributed by atoms with Crippen LogP contribution in [0.2, 0.25) is 0 Å². The van der Waals surface area contributed by atoms with Crippen LogP contribution in [0, 0.1) is 0 Å². The van der Waals surface area contributed by atoms with Gasteiger partial charge in [-0.25, -0.2) is 4.79 Å². The minimum absolute atomic E-state index is 0.241. The van der Waals surface area contributed by atoms with Crippen LogP contribution in [0.25, 0.3) is 0 Å². The van der Waals surface area contributed by atoms with Gasteiger partial charge in [0.1, 0.15) is 12.1 Å². The van der Waals surface area contributed by atoms with Crippen molar-refractivity contribution < 1.29 is 14.4 Å². The molecule has 1 saturated heterocycles. The number of Topliss-reactive ketones (excluding diaryl/α,β-unsaturated/α-hetero) is 1. The standard InChI is InChI=1S/C9H14N2O3S/c1-4-8(13)11(9(14)10-4)7(5(2)12)6(3)15/h4,6-7,15H,1-3H3,(H,10,14)/t4-,6-,7?/m0/s1. The maximum atomic E-state index is 11.6. The summed E-state index contributed by atoms with van der Waals surface area (Å²) >= 11 is 4.12. The molecule has 0 aromatic heterocycles. The molecule has 5 nitrogen and oxygen atoms in total. The number of ketones is 1. The first kappa shape index (κ1) is 12.0. The van der Waals surface area contributed by atoms with Gasteiger partial charge in [0.05, 0.1) is 0 Å². The van der Waals surface area contributed by atoms with Gasteiger partial charge in [0.2, 0.25) is 0 Å². The fourth-order valence-corrected chi connectivity index (χ4v) is 1.97. The summed E-state index contributed by atoms with van der Waals surface area (Å²) in [6.07, 6.45) is 0. The third kappa shape index (κ3) is 2.14. The molecule has 1 N–H and O–H groups in total. The van der Waals surface area contributed by atoms with Gasteiger partial charge in [-0.3, -0.25) is 14.5 Å². The average Bonchev–Trinajstić information content (AvgIpc) is 2.31. The Morgan fingerprint density at radius 3 is 2.33 bits per heavy atom. The van der Waals surface area contributed by atoms with Crippen LogP contribution in [0.4, 0.5) is 4.79 Å². The van der Waals surface area contributed by atoms with Crippen LogP contribution in [0.15, 0.2) is 0 Å². The van der Waals surface area contributed by atoms with Crippen molar-refractivity contribution in [2.45, 2.75) is 38.1 Å². The second-order valence-corrected chi connectivity index (χ2v) is 4.49. The summed E-state index contributed by atoms with van der Waals surface area (Å²) in [5, 5.41) is 2.09. The molecule has 0 aromatic rings. The number of hydrogen-bond acceptors (Lipinski definition) is 4. The molecule has 6 heteroatoms. The summed E-state index contributed by atoms with van der Waals surface area (Å²) in [4.78, 5) is 35.4. The van der Waals surface area contributed by atoms with Crippen molar-refractivity contribution >= 4 is 30.4 Å². The molecule has 1 fully saturated rings. The summed E-state index contributed by atoms with van der Waals surface area (Å²) < 4.78 is 0. The predicted molar refractivity (Wildman–Crippen MR) is 57.8 cm³/mol. The Labute approximate surface area is 93.6 Å². The topological polar surface area (TPSA) is 66.5 Å². The Morgan fingerprint density at radius 2 is 2.07 bits per heavy atom. The Bertz CT molecular complexity index is 316. The minimum atomic E-state index is -0.786. The molecule has 0 aliphatic carbocycles. The Balaban J connectivity index is 2.99. The number of hydrogen-bond donors (Lipinski definition) is 2. The Morgan fingerprint density at radius 1 is 1.53 bits per heavy atom. The van der Waals surface area contributed by atoms with Crippen LogP contribution < -0.4 is 5.32 Å². The zero-order chi connectivity index (χ0) is 11.7. The zero-order valence-corrected chi connectivity index (χ0v) is 9.75. The molecule has 1 heterocycles. The maximum Gasteiger partial charge on any atom is 0.325 e. The molecule has 0 radical (unpaired) electrons. The molecule has 3 amide bonds. The molecule has 15 heavy (non-hydrogen) atoms. The number of carbonyl (C=O) groups excluding carboxylic acids is 3. The third-order valence-corrected chi connectivity index (χ3v) is 2.60. The first-order valence-corrected chi connectivity index (χ1v) is 5.20. The van der Waals surface area contributed by atoms with E-state index in [2.05, 4.69) is 17.9 Å². The van der Waals surface area contributed by atoms with Gasteiger partial charge < -0.3 is 5.32 Å². The highest BCUT2D eigenvalue weighted by molar-refractivity contribution is 7.81. The van der Waals surface area contributed by atoms with Gasteiger partial charge in [0.15, 0.2) is 5.78 Å². The molecule has 1 aliphatic heterocycles. The van der Waals surface area contributed by atoms with E-state index < -0.39 is 18.1 Å². The molecule has 84 valence electrons. The number of urea groups is 1. The number of nitrogens with one attached hydrogen (secondary N) is 1. The lowest BCUT2D eigenvalue weighted by molar-refractivity contribution is -0.133. The zero-order valence-electron chi connectivity index (χ0n) is 8.85. The van der Waals surface area contributed by atoms with E-state index in [-0.39, 0.29) is 16.9 Å². The van der Waals surface area contributed by atoms with Gasteiger partial charge in [-0.05, 0) is 13.8 Å². The highest BCUT2D eigenvalue weighted by Crippen LogP contribution is 2.17. The maximum absolute atomic E-state index is 11.6. The highest BCUT2D eigenvalue weighted by atomic mass is 32.1. The number of carbonyl (C=O) groups is 3. The summed E-state index contributed by atoms with van der Waals surface area (Å²) in [6.45, 7) is 4.61. The van der Waals surface area contributed by atoms with Crippen LogP contribution in [0.3, 0.4) is 0 Å². The molecular formula is C9H14N2O3S. The van der Waals surface area contributed by atoms with Crippen molar-refractivity contribution in [2.24, 2.45) is 0 Å². The van der Waals surface area contributed by atoms with Gasteiger partial charge in [0, 0.05) is 5.25 Å². The molecular weight excluding hydrogens is 216 g/mol. The minimum Gasteiger partial charge on any atom is -0.326 e. The second kappa shape index (κ2) is 4.22. The quantitative estimate of drug-likeness (QED) is 0.538. The molecule has 1 aliphatic rings. The molecule has 3 atom stereocenters. The van der Waals surface area contributed by atoms with Crippen LogP contribution in [0.5, 0.6) is 0 Å². The smallest absolute Gasteiger partial charge is 0.325 e. The lowest BCUT2D eigenvalue weighted by Gasteiger charge is -2.25. The Hall–Kier alpha value is -1.04. The van der Waals surface area contributed by atoms with Gasteiger partial charge in [-0.2, -0.15) is 12.6 Å². The number of rotatable bonds is 3. The van der Waals surface area contributed by atoms with Crippen LogP contribution in [-0.4, -0.2) is 40.0 Å².